The molecule has 3 heterocycles. The van der Waals surface area contributed by atoms with Gasteiger partial charge in [-0.25, -0.2) is 23.7 Å². The van der Waals surface area contributed by atoms with Crippen LogP contribution in [-0.2, 0) is 9.53 Å². The lowest BCUT2D eigenvalue weighted by molar-refractivity contribution is -0.156. The van der Waals surface area contributed by atoms with Gasteiger partial charge >= 0.3 is 5.97 Å². The van der Waals surface area contributed by atoms with Crippen LogP contribution in [0, 0.1) is 11.6 Å². The Bertz CT molecular complexity index is 1500. The number of ether oxygens (including phenoxy) is 1. The number of benzene rings is 2. The van der Waals surface area contributed by atoms with E-state index in [0.29, 0.717) is 34.2 Å². The smallest absolute Gasteiger partial charge is 0.309 e. The maximum atomic E-state index is 13.8. The highest BCUT2D eigenvalue weighted by Crippen LogP contribution is 2.35. The normalized spacial score (nSPS) is 17.5. The summed E-state index contributed by atoms with van der Waals surface area (Å²) in [6, 6.07) is 13.6. The van der Waals surface area contributed by atoms with Gasteiger partial charge in [-0.1, -0.05) is 13.8 Å². The lowest BCUT2D eigenvalue weighted by Crippen LogP contribution is -2.31. The molecule has 0 aliphatic carbocycles. The minimum absolute atomic E-state index is 0.0132. The number of nitrogens with one attached hydrogen (secondary N) is 1. The van der Waals surface area contributed by atoms with E-state index in [0.717, 1.165) is 0 Å². The Balaban J connectivity index is 1.62. The van der Waals surface area contributed by atoms with Crippen molar-refractivity contribution in [3.63, 3.8) is 0 Å². The van der Waals surface area contributed by atoms with Gasteiger partial charge in [0.25, 0.3) is 0 Å². The quantitative estimate of drug-likeness (QED) is 0.296. The molecule has 0 saturated carbocycles. The number of halogens is 2. The van der Waals surface area contributed by atoms with Crippen LogP contribution >= 0.6 is 0 Å². The Morgan fingerprint density at radius 3 is 2.41 bits per heavy atom. The molecule has 0 radical (unpaired) electrons. The van der Waals surface area contributed by atoms with Crippen LogP contribution in [0.15, 0.2) is 66.9 Å². The van der Waals surface area contributed by atoms with E-state index >= 15 is 0 Å². The number of aliphatic hydroxyl groups is 1. The van der Waals surface area contributed by atoms with Gasteiger partial charge in [0.15, 0.2) is 0 Å². The number of aromatic nitrogens is 4. The molecular weight excluding hydrogens is 504 g/mol. The third-order valence-corrected chi connectivity index (χ3v) is 6.21. The van der Waals surface area contributed by atoms with Crippen LogP contribution in [0.1, 0.15) is 38.4 Å². The Labute approximate surface area is 224 Å². The lowest BCUT2D eigenvalue weighted by atomic mass is 10.1. The van der Waals surface area contributed by atoms with Gasteiger partial charge in [-0.2, -0.15) is 0 Å². The first kappa shape index (κ1) is 26.2. The summed E-state index contributed by atoms with van der Waals surface area (Å²) in [6.07, 6.45) is 3.94. The molecule has 1 saturated heterocycles. The van der Waals surface area contributed by atoms with E-state index in [4.69, 9.17) is 14.7 Å². The van der Waals surface area contributed by atoms with Crippen LogP contribution in [0.2, 0.25) is 0 Å². The summed E-state index contributed by atoms with van der Waals surface area (Å²) in [7, 11) is 0. The van der Waals surface area contributed by atoms with Crippen molar-refractivity contribution in [1.29, 1.82) is 0 Å². The minimum Gasteiger partial charge on any atom is -0.458 e. The van der Waals surface area contributed by atoms with Gasteiger partial charge in [-0.05, 0) is 60.7 Å². The summed E-state index contributed by atoms with van der Waals surface area (Å²) in [5.41, 5.74) is 3.02. The molecule has 1 aliphatic heterocycles. The number of hydrogen-bond donors (Lipinski definition) is 2. The van der Waals surface area contributed by atoms with Crippen molar-refractivity contribution in [2.45, 2.75) is 44.8 Å². The second-order valence-corrected chi connectivity index (χ2v) is 9.56. The molecule has 0 unspecified atom stereocenters. The van der Waals surface area contributed by atoms with Crippen molar-refractivity contribution in [2.75, 3.05) is 5.32 Å². The molecule has 5 rings (SSSR count). The van der Waals surface area contributed by atoms with Gasteiger partial charge in [0, 0.05) is 36.0 Å². The third kappa shape index (κ3) is 6.01. The molecule has 1 aliphatic rings. The van der Waals surface area contributed by atoms with E-state index in [-0.39, 0.29) is 36.3 Å². The predicted octanol–water partition coefficient (Wildman–Crippen LogP) is 5.69. The molecule has 4 aromatic rings. The van der Waals surface area contributed by atoms with Crippen molar-refractivity contribution in [1.82, 2.24) is 19.5 Å². The Morgan fingerprint density at radius 2 is 1.74 bits per heavy atom. The molecule has 0 spiro atoms. The van der Waals surface area contributed by atoms with E-state index in [1.807, 2.05) is 18.4 Å². The van der Waals surface area contributed by atoms with E-state index in [2.05, 4.69) is 10.3 Å². The highest BCUT2D eigenvalue weighted by atomic mass is 19.1. The topological polar surface area (TPSA) is 102 Å². The fraction of sp³-hybridized carbons (Fsp3) is 0.241. The molecular formula is C29H27F2N5O3. The molecule has 2 atom stereocenters. The number of carbonyl (C=O) groups excluding carboxylic acids is 1. The van der Waals surface area contributed by atoms with E-state index in [1.54, 1.807) is 48.8 Å². The van der Waals surface area contributed by atoms with Crippen molar-refractivity contribution in [3.8, 4) is 22.6 Å². The second-order valence-electron chi connectivity index (χ2n) is 9.56. The SMILES string of the molecule is CC(C)c1nc(-c2ccc(F)cc2)c(-c2ccnc(Nc3ccc(F)cc3)n2)n1/C=C/[C@@H]1C[C@@H](O)CC(=O)O1. The first-order valence-electron chi connectivity index (χ1n) is 12.6. The number of imidazole rings is 1. The number of anilines is 2. The molecule has 39 heavy (non-hydrogen) atoms. The lowest BCUT2D eigenvalue weighted by Gasteiger charge is -2.23. The zero-order valence-electron chi connectivity index (χ0n) is 21.4. The maximum Gasteiger partial charge on any atom is 0.309 e. The molecule has 10 heteroatoms. The first-order chi connectivity index (χ1) is 18.8. The van der Waals surface area contributed by atoms with Crippen LogP contribution in [0.3, 0.4) is 0 Å². The van der Waals surface area contributed by atoms with Crippen LogP contribution in [0.25, 0.3) is 28.8 Å². The molecule has 0 amide bonds. The first-order valence-corrected chi connectivity index (χ1v) is 12.6. The van der Waals surface area contributed by atoms with Gasteiger partial charge < -0.3 is 19.7 Å². The molecule has 1 fully saturated rings. The van der Waals surface area contributed by atoms with E-state index < -0.39 is 18.2 Å². The summed E-state index contributed by atoms with van der Waals surface area (Å²) in [5.74, 6) is -0.203. The largest absolute Gasteiger partial charge is 0.458 e. The average Bonchev–Trinajstić information content (AvgIpc) is 3.29. The number of rotatable bonds is 7. The van der Waals surface area contributed by atoms with Crippen LogP contribution in [0.5, 0.6) is 0 Å². The number of aliphatic hydroxyl groups excluding tert-OH is 1. The standard InChI is InChI=1S/C29H27F2N5O3/c1-17(2)28-35-26(18-3-5-19(30)6-4-18)27(36(28)14-12-23-15-22(37)16-25(38)39-23)24-11-13-32-29(34-24)33-21-9-7-20(31)8-10-21/h3-14,17,22-23,37H,15-16H2,1-2H3,(H,32,33,34)/b14-12+/t22-,23-/m1/s1. The number of cyclic esters (lactones) is 1. The molecule has 0 bridgehead atoms. The van der Waals surface area contributed by atoms with Gasteiger partial charge in [-0.15, -0.1) is 0 Å². The summed E-state index contributed by atoms with van der Waals surface area (Å²) in [5, 5.41) is 13.1. The van der Waals surface area contributed by atoms with Crippen LogP contribution in [-0.4, -0.2) is 42.8 Å². The second kappa shape index (κ2) is 11.1. The number of hydrogen-bond acceptors (Lipinski definition) is 7. The van der Waals surface area contributed by atoms with E-state index in [9.17, 15) is 18.7 Å². The monoisotopic (exact) mass is 531 g/mol. The molecule has 2 aromatic heterocycles. The van der Waals surface area contributed by atoms with Gasteiger partial charge in [0.2, 0.25) is 5.95 Å². The summed E-state index contributed by atoms with van der Waals surface area (Å²) in [4.78, 5) is 25.8. The van der Waals surface area contributed by atoms with Crippen molar-refractivity contribution in [2.24, 2.45) is 0 Å². The Hall–Kier alpha value is -4.44. The molecule has 2 N–H and O–H groups in total. The number of esters is 1. The van der Waals surface area contributed by atoms with Gasteiger partial charge in [0.05, 0.1) is 29.6 Å². The molecule has 8 nitrogen and oxygen atoms in total. The van der Waals surface area contributed by atoms with Gasteiger partial charge in [-0.3, -0.25) is 4.79 Å². The third-order valence-electron chi connectivity index (χ3n) is 6.21. The number of nitrogens with zero attached hydrogens (tertiary/aromatic N) is 4. The average molecular weight is 532 g/mol. The summed E-state index contributed by atoms with van der Waals surface area (Å²) < 4.78 is 34.4. The molecule has 2 aromatic carbocycles. The predicted molar refractivity (Wildman–Crippen MR) is 143 cm³/mol. The van der Waals surface area contributed by atoms with E-state index in [1.165, 1.54) is 24.3 Å². The van der Waals surface area contributed by atoms with Crippen molar-refractivity contribution >= 4 is 23.8 Å². The molecule has 200 valence electrons. The Kier molecular flexibility index (Phi) is 7.47. The number of carbonyl (C=O) groups is 1. The van der Waals surface area contributed by atoms with Crippen LogP contribution < -0.4 is 5.32 Å². The fourth-order valence-electron chi connectivity index (χ4n) is 4.38. The highest BCUT2D eigenvalue weighted by molar-refractivity contribution is 5.79. The zero-order valence-corrected chi connectivity index (χ0v) is 21.4. The summed E-state index contributed by atoms with van der Waals surface area (Å²) in [6.45, 7) is 3.99. The highest BCUT2D eigenvalue weighted by Gasteiger charge is 2.27. The summed E-state index contributed by atoms with van der Waals surface area (Å²) >= 11 is 0. The van der Waals surface area contributed by atoms with Crippen molar-refractivity contribution < 1.29 is 23.4 Å². The zero-order chi connectivity index (χ0) is 27.5. The van der Waals surface area contributed by atoms with Crippen LogP contribution in [0.4, 0.5) is 20.4 Å². The minimum atomic E-state index is -0.774. The fourth-order valence-corrected chi connectivity index (χ4v) is 4.38. The van der Waals surface area contributed by atoms with Gasteiger partial charge in [0.1, 0.15) is 23.6 Å². The Morgan fingerprint density at radius 1 is 1.05 bits per heavy atom. The maximum absolute atomic E-state index is 13.8. The van der Waals surface area contributed by atoms with Crippen molar-refractivity contribution in [3.05, 3.63) is 84.3 Å².